The molecular formula is C12H15N3O. The van der Waals surface area contributed by atoms with Gasteiger partial charge in [0, 0.05) is 18.8 Å². The maximum atomic E-state index is 5.36. The number of hydrogen-bond acceptors (Lipinski definition) is 3. The second-order valence-electron chi connectivity index (χ2n) is 4.14. The first kappa shape index (κ1) is 9.66. The Morgan fingerprint density at radius 3 is 3.25 bits per heavy atom. The highest BCUT2D eigenvalue weighted by Gasteiger charge is 2.18. The minimum atomic E-state index is 0.519. The van der Waals surface area contributed by atoms with Gasteiger partial charge >= 0.3 is 0 Å². The fourth-order valence-corrected chi connectivity index (χ4v) is 2.31. The van der Waals surface area contributed by atoms with E-state index < -0.39 is 0 Å². The smallest absolute Gasteiger partial charge is 0.242 e. The van der Waals surface area contributed by atoms with E-state index in [1.54, 1.807) is 12.5 Å². The van der Waals surface area contributed by atoms with Gasteiger partial charge < -0.3 is 14.3 Å². The van der Waals surface area contributed by atoms with Crippen LogP contribution in [0.4, 0.5) is 0 Å². The third-order valence-corrected chi connectivity index (χ3v) is 3.09. The van der Waals surface area contributed by atoms with Crippen LogP contribution in [-0.2, 0) is 0 Å². The molecule has 3 heterocycles. The normalized spacial score (nSPS) is 21.1. The van der Waals surface area contributed by atoms with E-state index in [4.69, 9.17) is 4.42 Å². The lowest BCUT2D eigenvalue weighted by molar-refractivity contribution is 0.372. The van der Waals surface area contributed by atoms with Gasteiger partial charge in [-0.25, -0.2) is 4.98 Å². The quantitative estimate of drug-likeness (QED) is 0.837. The van der Waals surface area contributed by atoms with Crippen LogP contribution in [0.15, 0.2) is 35.2 Å². The van der Waals surface area contributed by atoms with Crippen molar-refractivity contribution in [2.24, 2.45) is 0 Å². The molecule has 0 bridgehead atoms. The molecule has 2 aromatic heterocycles. The lowest BCUT2D eigenvalue weighted by Crippen LogP contribution is -2.31. The topological polar surface area (TPSA) is 43.0 Å². The van der Waals surface area contributed by atoms with Gasteiger partial charge in [0.15, 0.2) is 0 Å². The maximum absolute atomic E-state index is 5.36. The Labute approximate surface area is 94.3 Å². The predicted molar refractivity (Wildman–Crippen MR) is 61.1 cm³/mol. The summed E-state index contributed by atoms with van der Waals surface area (Å²) in [6.45, 7) is 2.16. The molecule has 0 aromatic carbocycles. The van der Waals surface area contributed by atoms with Crippen LogP contribution in [0.3, 0.4) is 0 Å². The Bertz CT molecular complexity index is 441. The fraction of sp³-hybridized carbons (Fsp3) is 0.417. The van der Waals surface area contributed by atoms with Crippen LogP contribution < -0.4 is 5.32 Å². The lowest BCUT2D eigenvalue weighted by atomic mass is 10.1. The summed E-state index contributed by atoms with van der Waals surface area (Å²) in [5.74, 6) is 0.704. The number of nitrogens with one attached hydrogen (secondary N) is 1. The molecule has 1 N–H and O–H groups in total. The summed E-state index contributed by atoms with van der Waals surface area (Å²) in [5.41, 5.74) is 1.07. The molecule has 2 aromatic rings. The number of rotatable bonds is 2. The highest BCUT2D eigenvalue weighted by molar-refractivity contribution is 5.48. The Kier molecular flexibility index (Phi) is 2.50. The molecule has 3 rings (SSSR count). The van der Waals surface area contributed by atoms with E-state index in [9.17, 15) is 0 Å². The Balaban J connectivity index is 1.92. The molecule has 4 nitrogen and oxygen atoms in total. The second kappa shape index (κ2) is 4.14. The third kappa shape index (κ3) is 1.65. The molecule has 1 fully saturated rings. The number of oxazole rings is 1. The summed E-state index contributed by atoms with van der Waals surface area (Å²) >= 11 is 0. The van der Waals surface area contributed by atoms with Crippen LogP contribution in [0.25, 0.3) is 11.6 Å². The number of nitrogens with zero attached hydrogens (tertiary/aromatic N) is 2. The highest BCUT2D eigenvalue weighted by atomic mass is 16.3. The average Bonchev–Trinajstić information content (AvgIpc) is 3.01. The summed E-state index contributed by atoms with van der Waals surface area (Å²) < 4.78 is 7.62. The van der Waals surface area contributed by atoms with Gasteiger partial charge in [0.2, 0.25) is 5.89 Å². The first-order valence-electron chi connectivity index (χ1n) is 5.72. The summed E-state index contributed by atoms with van der Waals surface area (Å²) in [4.78, 5) is 4.21. The molecule has 1 aliphatic heterocycles. The Morgan fingerprint density at radius 2 is 2.50 bits per heavy atom. The largest absolute Gasteiger partial charge is 0.443 e. The van der Waals surface area contributed by atoms with Crippen molar-refractivity contribution in [3.05, 3.63) is 30.8 Å². The zero-order valence-corrected chi connectivity index (χ0v) is 9.10. The molecule has 0 spiro atoms. The predicted octanol–water partition coefficient (Wildman–Crippen LogP) is 2.07. The van der Waals surface area contributed by atoms with Crippen LogP contribution in [0, 0.1) is 0 Å². The van der Waals surface area contributed by atoms with E-state index in [0.717, 1.165) is 18.8 Å². The van der Waals surface area contributed by atoms with Crippen molar-refractivity contribution in [3.8, 4) is 11.6 Å². The van der Waals surface area contributed by atoms with Crippen molar-refractivity contribution >= 4 is 0 Å². The van der Waals surface area contributed by atoms with Crippen LogP contribution in [0.2, 0.25) is 0 Å². The van der Waals surface area contributed by atoms with Gasteiger partial charge in [-0.05, 0) is 31.5 Å². The molecular weight excluding hydrogens is 202 g/mol. The standard InChI is InChI=1S/C12H15N3O/c1-3-10(9-13-5-1)15-7-2-4-11(15)12-14-6-8-16-12/h2,4,6-8,10,13H,1,3,5,9H2. The lowest BCUT2D eigenvalue weighted by Gasteiger charge is -2.25. The molecule has 0 amide bonds. The Morgan fingerprint density at radius 1 is 1.50 bits per heavy atom. The van der Waals surface area contributed by atoms with Gasteiger partial charge in [-0.15, -0.1) is 0 Å². The van der Waals surface area contributed by atoms with Crippen LogP contribution in [0.1, 0.15) is 18.9 Å². The van der Waals surface area contributed by atoms with E-state index in [0.29, 0.717) is 11.9 Å². The molecule has 1 aliphatic rings. The molecule has 4 heteroatoms. The zero-order chi connectivity index (χ0) is 10.8. The SMILES string of the molecule is c1cc(-c2ncco2)n(C2CCCNC2)c1. The summed E-state index contributed by atoms with van der Waals surface area (Å²) in [5, 5.41) is 3.42. The minimum absolute atomic E-state index is 0.519. The van der Waals surface area contributed by atoms with Gasteiger partial charge in [-0.3, -0.25) is 0 Å². The molecule has 16 heavy (non-hydrogen) atoms. The van der Waals surface area contributed by atoms with Gasteiger partial charge in [0.25, 0.3) is 0 Å². The monoisotopic (exact) mass is 217 g/mol. The number of aromatic nitrogens is 2. The summed E-state index contributed by atoms with van der Waals surface area (Å²) in [7, 11) is 0. The third-order valence-electron chi connectivity index (χ3n) is 3.09. The highest BCUT2D eigenvalue weighted by Crippen LogP contribution is 2.25. The molecule has 1 saturated heterocycles. The molecule has 0 aliphatic carbocycles. The van der Waals surface area contributed by atoms with Crippen molar-refractivity contribution in [2.75, 3.05) is 13.1 Å². The van der Waals surface area contributed by atoms with Gasteiger partial charge in [-0.1, -0.05) is 0 Å². The Hall–Kier alpha value is -1.55. The fourth-order valence-electron chi connectivity index (χ4n) is 2.31. The first-order chi connectivity index (χ1) is 7.95. The van der Waals surface area contributed by atoms with E-state index in [-0.39, 0.29) is 0 Å². The van der Waals surface area contributed by atoms with E-state index in [2.05, 4.69) is 27.1 Å². The van der Waals surface area contributed by atoms with Crippen molar-refractivity contribution in [2.45, 2.75) is 18.9 Å². The van der Waals surface area contributed by atoms with Crippen molar-refractivity contribution in [1.29, 1.82) is 0 Å². The van der Waals surface area contributed by atoms with Crippen molar-refractivity contribution < 1.29 is 4.42 Å². The molecule has 1 unspecified atom stereocenters. The molecule has 84 valence electrons. The molecule has 0 radical (unpaired) electrons. The minimum Gasteiger partial charge on any atom is -0.443 e. The maximum Gasteiger partial charge on any atom is 0.242 e. The van der Waals surface area contributed by atoms with E-state index in [1.807, 2.05) is 6.07 Å². The molecule has 1 atom stereocenters. The van der Waals surface area contributed by atoms with Crippen LogP contribution in [-0.4, -0.2) is 22.6 Å². The first-order valence-corrected chi connectivity index (χ1v) is 5.72. The molecule has 0 saturated carbocycles. The van der Waals surface area contributed by atoms with Crippen molar-refractivity contribution in [3.63, 3.8) is 0 Å². The van der Waals surface area contributed by atoms with Gasteiger partial charge in [0.1, 0.15) is 12.0 Å². The van der Waals surface area contributed by atoms with Crippen LogP contribution >= 0.6 is 0 Å². The number of hydrogen-bond donors (Lipinski definition) is 1. The van der Waals surface area contributed by atoms with Crippen molar-refractivity contribution in [1.82, 2.24) is 14.9 Å². The van der Waals surface area contributed by atoms with Gasteiger partial charge in [-0.2, -0.15) is 0 Å². The number of piperidine rings is 1. The zero-order valence-electron chi connectivity index (χ0n) is 9.10. The van der Waals surface area contributed by atoms with Gasteiger partial charge in [0.05, 0.1) is 6.20 Å². The van der Waals surface area contributed by atoms with E-state index >= 15 is 0 Å². The second-order valence-corrected chi connectivity index (χ2v) is 4.14. The van der Waals surface area contributed by atoms with Crippen LogP contribution in [0.5, 0.6) is 0 Å². The summed E-state index contributed by atoms with van der Waals surface area (Å²) in [6, 6.07) is 4.62. The van der Waals surface area contributed by atoms with E-state index in [1.165, 1.54) is 12.8 Å². The average molecular weight is 217 g/mol. The summed E-state index contributed by atoms with van der Waals surface area (Å²) in [6.07, 6.45) is 7.86.